The number of allylic oxidation sites excluding steroid dienone is 1. The topological polar surface area (TPSA) is 61.4 Å². The van der Waals surface area contributed by atoms with Crippen molar-refractivity contribution in [2.45, 2.75) is 36.9 Å². The molecule has 0 radical (unpaired) electrons. The van der Waals surface area contributed by atoms with Gasteiger partial charge in [0.05, 0.1) is 35.5 Å². The van der Waals surface area contributed by atoms with Gasteiger partial charge in [0.25, 0.3) is 0 Å². The third kappa shape index (κ3) is 4.18. The molecule has 0 saturated heterocycles. The van der Waals surface area contributed by atoms with E-state index in [1.54, 1.807) is 35.5 Å². The van der Waals surface area contributed by atoms with Crippen LogP contribution in [0.5, 0.6) is 28.7 Å². The molecule has 1 N–H and O–H groups in total. The van der Waals surface area contributed by atoms with E-state index >= 15 is 0 Å². The Balaban J connectivity index is 1.85. The Bertz CT molecular complexity index is 1050. The molecule has 2 unspecified atom stereocenters. The van der Waals surface area contributed by atoms with Crippen LogP contribution in [0.25, 0.3) is 0 Å². The van der Waals surface area contributed by atoms with Crippen LogP contribution in [0.4, 0.5) is 0 Å². The highest BCUT2D eigenvalue weighted by Gasteiger charge is 2.43. The van der Waals surface area contributed by atoms with Crippen molar-refractivity contribution >= 4 is 0 Å². The second-order valence-electron chi connectivity index (χ2n) is 9.01. The Morgan fingerprint density at radius 3 is 2.18 bits per heavy atom. The standard InChI is InChI=1S/C27H36N2O5/c1-29(2)20-10-8-9-17-24-18(15-23(32-5)26(33-6)27(24)34-7)19(28-25(17)20)13-16-11-12-21(30-3)22(14-16)31-4/h8,10-12,14-15,17,19-20,25,28H,9,13H2,1-7H3/t17-,19?,20-,25?/m0/s1. The largest absolute Gasteiger partial charge is 0.493 e. The van der Waals surface area contributed by atoms with Gasteiger partial charge >= 0.3 is 0 Å². The van der Waals surface area contributed by atoms with Gasteiger partial charge in [-0.3, -0.25) is 0 Å². The minimum atomic E-state index is 0.0528. The van der Waals surface area contributed by atoms with E-state index in [0.717, 1.165) is 35.7 Å². The SMILES string of the molecule is COc1ccc(CC2NC3[C@@H](CC=C[C@@H]3N(C)C)c3c2cc(OC)c(OC)c3OC)cc1OC. The lowest BCUT2D eigenvalue weighted by Gasteiger charge is -2.46. The van der Waals surface area contributed by atoms with Crippen LogP contribution in [0.2, 0.25) is 0 Å². The first-order chi connectivity index (χ1) is 16.5. The lowest BCUT2D eigenvalue weighted by molar-refractivity contribution is 0.204. The molecule has 2 aromatic carbocycles. The van der Waals surface area contributed by atoms with Crippen LogP contribution in [-0.2, 0) is 6.42 Å². The first kappa shape index (κ1) is 24.2. The number of likely N-dealkylation sites (N-methyl/N-ethyl adjacent to an activating group) is 1. The summed E-state index contributed by atoms with van der Waals surface area (Å²) in [7, 11) is 12.6. The number of rotatable bonds is 8. The molecule has 7 heteroatoms. The molecule has 0 amide bonds. The van der Waals surface area contributed by atoms with Crippen LogP contribution in [0.3, 0.4) is 0 Å². The monoisotopic (exact) mass is 468 g/mol. The van der Waals surface area contributed by atoms with Crippen LogP contribution in [0.1, 0.15) is 35.1 Å². The van der Waals surface area contributed by atoms with Crippen LogP contribution < -0.4 is 29.0 Å². The third-order valence-corrected chi connectivity index (χ3v) is 7.05. The van der Waals surface area contributed by atoms with E-state index < -0.39 is 0 Å². The number of nitrogens with one attached hydrogen (secondary N) is 1. The molecule has 0 aromatic heterocycles. The second-order valence-corrected chi connectivity index (χ2v) is 9.01. The number of methoxy groups -OCH3 is 5. The Morgan fingerprint density at radius 2 is 1.56 bits per heavy atom. The molecule has 1 aliphatic carbocycles. The van der Waals surface area contributed by atoms with E-state index in [0.29, 0.717) is 11.5 Å². The van der Waals surface area contributed by atoms with Gasteiger partial charge in [-0.05, 0) is 56.3 Å². The van der Waals surface area contributed by atoms with Crippen molar-refractivity contribution < 1.29 is 23.7 Å². The highest BCUT2D eigenvalue weighted by atomic mass is 16.5. The van der Waals surface area contributed by atoms with E-state index in [1.165, 1.54) is 11.1 Å². The van der Waals surface area contributed by atoms with Gasteiger partial charge in [0, 0.05) is 29.6 Å². The van der Waals surface area contributed by atoms with Gasteiger partial charge in [0.1, 0.15) is 0 Å². The average Bonchev–Trinajstić information content (AvgIpc) is 2.86. The maximum Gasteiger partial charge on any atom is 0.203 e. The molecule has 4 rings (SSSR count). The molecular weight excluding hydrogens is 432 g/mol. The quantitative estimate of drug-likeness (QED) is 0.589. The first-order valence-electron chi connectivity index (χ1n) is 11.6. The van der Waals surface area contributed by atoms with Crippen molar-refractivity contribution in [1.82, 2.24) is 10.2 Å². The molecule has 2 aromatic rings. The van der Waals surface area contributed by atoms with Crippen LogP contribution in [-0.4, -0.2) is 66.6 Å². The van der Waals surface area contributed by atoms with E-state index in [2.05, 4.69) is 54.7 Å². The van der Waals surface area contributed by atoms with Crippen LogP contribution in [0.15, 0.2) is 36.4 Å². The fraction of sp³-hybridized carbons (Fsp3) is 0.481. The Kier molecular flexibility index (Phi) is 7.24. The van der Waals surface area contributed by atoms with E-state index in [-0.39, 0.29) is 24.0 Å². The summed E-state index contributed by atoms with van der Waals surface area (Å²) in [4.78, 5) is 2.27. The van der Waals surface area contributed by atoms with Gasteiger partial charge in [0.15, 0.2) is 23.0 Å². The highest BCUT2D eigenvalue weighted by Crippen LogP contribution is 2.52. The zero-order chi connectivity index (χ0) is 24.4. The molecule has 0 saturated carbocycles. The third-order valence-electron chi connectivity index (χ3n) is 7.05. The fourth-order valence-electron chi connectivity index (χ4n) is 5.48. The van der Waals surface area contributed by atoms with E-state index in [9.17, 15) is 0 Å². The van der Waals surface area contributed by atoms with Gasteiger partial charge < -0.3 is 33.9 Å². The van der Waals surface area contributed by atoms with Gasteiger partial charge in [-0.15, -0.1) is 0 Å². The molecule has 1 heterocycles. The maximum absolute atomic E-state index is 5.98. The lowest BCUT2D eigenvalue weighted by Crippen LogP contribution is -2.55. The van der Waals surface area contributed by atoms with Crippen LogP contribution >= 0.6 is 0 Å². The summed E-state index contributed by atoms with van der Waals surface area (Å²) in [6.07, 6.45) is 6.30. The minimum absolute atomic E-state index is 0.0528. The van der Waals surface area contributed by atoms with Crippen molar-refractivity contribution in [3.63, 3.8) is 0 Å². The summed E-state index contributed by atoms with van der Waals surface area (Å²) in [5, 5.41) is 3.98. The van der Waals surface area contributed by atoms with Crippen molar-refractivity contribution in [3.05, 3.63) is 53.1 Å². The summed E-state index contributed by atoms with van der Waals surface area (Å²) in [5.41, 5.74) is 3.53. The Morgan fingerprint density at radius 1 is 0.853 bits per heavy atom. The first-order valence-corrected chi connectivity index (χ1v) is 11.6. The Hall–Kier alpha value is -2.90. The van der Waals surface area contributed by atoms with E-state index in [1.807, 2.05) is 6.07 Å². The summed E-state index contributed by atoms with van der Waals surface area (Å²) in [6.45, 7) is 0. The number of hydrogen-bond donors (Lipinski definition) is 1. The number of nitrogens with zero attached hydrogens (tertiary/aromatic N) is 1. The minimum Gasteiger partial charge on any atom is -0.493 e. The molecule has 0 bridgehead atoms. The average molecular weight is 469 g/mol. The van der Waals surface area contributed by atoms with Crippen molar-refractivity contribution in [2.75, 3.05) is 49.6 Å². The molecule has 184 valence electrons. The van der Waals surface area contributed by atoms with Crippen molar-refractivity contribution in [2.24, 2.45) is 0 Å². The Labute approximate surface area is 202 Å². The maximum atomic E-state index is 5.98. The fourth-order valence-corrected chi connectivity index (χ4v) is 5.48. The zero-order valence-corrected chi connectivity index (χ0v) is 21.2. The number of ether oxygens (including phenoxy) is 5. The summed E-state index contributed by atoms with van der Waals surface area (Å²) >= 11 is 0. The molecule has 7 nitrogen and oxygen atoms in total. The zero-order valence-electron chi connectivity index (χ0n) is 21.2. The van der Waals surface area contributed by atoms with Gasteiger partial charge in [0.2, 0.25) is 5.75 Å². The van der Waals surface area contributed by atoms with Crippen molar-refractivity contribution in [3.8, 4) is 28.7 Å². The second kappa shape index (κ2) is 10.2. The molecule has 34 heavy (non-hydrogen) atoms. The smallest absolute Gasteiger partial charge is 0.203 e. The van der Waals surface area contributed by atoms with Crippen LogP contribution in [0, 0.1) is 0 Å². The molecular formula is C27H36N2O5. The normalized spacial score (nSPS) is 23.2. The van der Waals surface area contributed by atoms with E-state index in [4.69, 9.17) is 23.7 Å². The highest BCUT2D eigenvalue weighted by molar-refractivity contribution is 5.63. The molecule has 2 aliphatic rings. The van der Waals surface area contributed by atoms with Gasteiger partial charge in [-0.25, -0.2) is 0 Å². The number of fused-ring (bicyclic) bond motifs is 3. The number of benzene rings is 2. The predicted molar refractivity (Wildman–Crippen MR) is 133 cm³/mol. The summed E-state index contributed by atoms with van der Waals surface area (Å²) in [6, 6.07) is 8.75. The predicted octanol–water partition coefficient (Wildman–Crippen LogP) is 3.96. The molecule has 0 spiro atoms. The van der Waals surface area contributed by atoms with Gasteiger partial charge in [-0.2, -0.15) is 0 Å². The summed E-state index contributed by atoms with van der Waals surface area (Å²) in [5.74, 6) is 3.78. The molecule has 0 fully saturated rings. The van der Waals surface area contributed by atoms with Crippen molar-refractivity contribution in [1.29, 1.82) is 0 Å². The lowest BCUT2D eigenvalue weighted by atomic mass is 9.72. The summed E-state index contributed by atoms with van der Waals surface area (Å²) < 4.78 is 28.4. The molecule has 4 atom stereocenters. The molecule has 1 aliphatic heterocycles. The number of hydrogen-bond acceptors (Lipinski definition) is 7. The van der Waals surface area contributed by atoms with Gasteiger partial charge in [-0.1, -0.05) is 18.2 Å².